The Labute approximate surface area is 140 Å². The molecular formula is C19H18N2O3. The number of phenolic OH excluding ortho intramolecular Hbond substituents is 1. The van der Waals surface area contributed by atoms with E-state index in [9.17, 15) is 15.2 Å². The van der Waals surface area contributed by atoms with Crippen LogP contribution in [0.25, 0.3) is 6.08 Å². The summed E-state index contributed by atoms with van der Waals surface area (Å²) in [6, 6.07) is 12.1. The number of amides is 1. The molecule has 2 aromatic rings. The highest BCUT2D eigenvalue weighted by atomic mass is 16.5. The van der Waals surface area contributed by atoms with E-state index >= 15 is 0 Å². The number of carbonyl (C=O) groups is 1. The molecule has 0 fully saturated rings. The molecule has 0 saturated heterocycles. The first-order valence-electron chi connectivity index (χ1n) is 7.32. The number of rotatable bonds is 4. The van der Waals surface area contributed by atoms with Crippen molar-refractivity contribution < 1.29 is 14.6 Å². The molecule has 2 aromatic carbocycles. The molecule has 5 nitrogen and oxygen atoms in total. The Morgan fingerprint density at radius 3 is 2.62 bits per heavy atom. The normalized spacial score (nSPS) is 10.8. The van der Waals surface area contributed by atoms with Crippen LogP contribution in [0, 0.1) is 25.2 Å². The van der Waals surface area contributed by atoms with Gasteiger partial charge in [-0.3, -0.25) is 4.79 Å². The Morgan fingerprint density at radius 1 is 1.25 bits per heavy atom. The molecule has 0 aliphatic carbocycles. The molecule has 0 radical (unpaired) electrons. The number of nitriles is 1. The molecule has 0 saturated carbocycles. The molecule has 0 atom stereocenters. The summed E-state index contributed by atoms with van der Waals surface area (Å²) in [6.45, 7) is 3.86. The van der Waals surface area contributed by atoms with Crippen LogP contribution in [0.15, 0.2) is 42.0 Å². The zero-order chi connectivity index (χ0) is 17.7. The summed E-state index contributed by atoms with van der Waals surface area (Å²) in [7, 11) is 1.43. The van der Waals surface area contributed by atoms with Gasteiger partial charge in [0.1, 0.15) is 11.6 Å². The molecule has 0 spiro atoms. The van der Waals surface area contributed by atoms with Crippen LogP contribution in [0.5, 0.6) is 11.5 Å². The van der Waals surface area contributed by atoms with Crippen LogP contribution in [0.2, 0.25) is 0 Å². The van der Waals surface area contributed by atoms with Crippen LogP contribution >= 0.6 is 0 Å². The number of anilines is 1. The van der Waals surface area contributed by atoms with Gasteiger partial charge < -0.3 is 15.2 Å². The van der Waals surface area contributed by atoms with Gasteiger partial charge in [0.05, 0.1) is 7.11 Å². The summed E-state index contributed by atoms with van der Waals surface area (Å²) in [4.78, 5) is 12.3. The monoisotopic (exact) mass is 322 g/mol. The third kappa shape index (κ3) is 3.93. The Kier molecular flexibility index (Phi) is 5.23. The maximum absolute atomic E-state index is 12.3. The Morgan fingerprint density at radius 2 is 2.00 bits per heavy atom. The van der Waals surface area contributed by atoms with Crippen LogP contribution in [0.4, 0.5) is 5.69 Å². The van der Waals surface area contributed by atoms with E-state index in [-0.39, 0.29) is 17.1 Å². The van der Waals surface area contributed by atoms with Crippen molar-refractivity contribution in [1.82, 2.24) is 0 Å². The Hall–Kier alpha value is -3.26. The number of ether oxygens (including phenoxy) is 1. The van der Waals surface area contributed by atoms with E-state index in [1.54, 1.807) is 18.2 Å². The lowest BCUT2D eigenvalue weighted by Crippen LogP contribution is -2.14. The van der Waals surface area contributed by atoms with Crippen molar-refractivity contribution in [2.45, 2.75) is 13.8 Å². The van der Waals surface area contributed by atoms with E-state index in [0.717, 1.165) is 11.1 Å². The first kappa shape index (κ1) is 17.1. The second-order valence-corrected chi connectivity index (χ2v) is 5.37. The molecule has 2 N–H and O–H groups in total. The van der Waals surface area contributed by atoms with E-state index in [1.165, 1.54) is 19.3 Å². The first-order valence-corrected chi connectivity index (χ1v) is 7.32. The molecule has 0 unspecified atom stereocenters. The summed E-state index contributed by atoms with van der Waals surface area (Å²) < 4.78 is 5.02. The summed E-state index contributed by atoms with van der Waals surface area (Å²) in [5, 5.41) is 21.6. The van der Waals surface area contributed by atoms with Gasteiger partial charge in [0.2, 0.25) is 0 Å². The van der Waals surface area contributed by atoms with Crippen molar-refractivity contribution in [2.24, 2.45) is 0 Å². The maximum atomic E-state index is 12.3. The largest absolute Gasteiger partial charge is 0.504 e. The van der Waals surface area contributed by atoms with Crippen molar-refractivity contribution in [3.8, 4) is 17.6 Å². The van der Waals surface area contributed by atoms with Gasteiger partial charge in [-0.25, -0.2) is 0 Å². The Balaban J connectivity index is 2.27. The predicted octanol–water partition coefficient (Wildman–Crippen LogP) is 3.56. The lowest BCUT2D eigenvalue weighted by atomic mass is 10.1. The number of nitrogens with one attached hydrogen (secondary N) is 1. The van der Waals surface area contributed by atoms with Gasteiger partial charge in [0.15, 0.2) is 11.5 Å². The minimum Gasteiger partial charge on any atom is -0.504 e. The second kappa shape index (κ2) is 7.34. The molecule has 122 valence electrons. The molecule has 0 aliphatic rings. The van der Waals surface area contributed by atoms with Crippen LogP contribution in [-0.4, -0.2) is 18.1 Å². The fraction of sp³-hybridized carbons (Fsp3) is 0.158. The smallest absolute Gasteiger partial charge is 0.266 e. The van der Waals surface area contributed by atoms with E-state index in [1.807, 2.05) is 32.0 Å². The van der Waals surface area contributed by atoms with Gasteiger partial charge >= 0.3 is 0 Å². The van der Waals surface area contributed by atoms with Crippen LogP contribution in [0.1, 0.15) is 16.7 Å². The van der Waals surface area contributed by atoms with Crippen molar-refractivity contribution in [3.05, 3.63) is 58.7 Å². The molecule has 24 heavy (non-hydrogen) atoms. The van der Waals surface area contributed by atoms with Gasteiger partial charge in [0, 0.05) is 5.69 Å². The fourth-order valence-electron chi connectivity index (χ4n) is 2.24. The Bertz CT molecular complexity index is 848. The number of carbonyl (C=O) groups excluding carboxylic acids is 1. The number of aryl methyl sites for hydroxylation is 2. The van der Waals surface area contributed by atoms with E-state index in [0.29, 0.717) is 11.3 Å². The third-order valence-corrected chi connectivity index (χ3v) is 3.51. The number of nitrogens with zero attached hydrogens (tertiary/aromatic N) is 1. The zero-order valence-electron chi connectivity index (χ0n) is 13.8. The minimum absolute atomic E-state index is 0.00658. The summed E-state index contributed by atoms with van der Waals surface area (Å²) in [5.41, 5.74) is 3.22. The van der Waals surface area contributed by atoms with E-state index in [2.05, 4.69) is 5.32 Å². The van der Waals surface area contributed by atoms with E-state index < -0.39 is 5.91 Å². The molecular weight excluding hydrogens is 304 g/mol. The number of aromatic hydroxyl groups is 1. The number of methoxy groups -OCH3 is 1. The van der Waals surface area contributed by atoms with Crippen molar-refractivity contribution in [3.63, 3.8) is 0 Å². The minimum atomic E-state index is -0.489. The highest BCUT2D eigenvalue weighted by molar-refractivity contribution is 6.10. The molecule has 5 heteroatoms. The molecule has 1 amide bonds. The summed E-state index contributed by atoms with van der Waals surface area (Å²) in [5.74, 6) is -0.222. The van der Waals surface area contributed by atoms with Gasteiger partial charge in [-0.15, -0.1) is 0 Å². The van der Waals surface area contributed by atoms with Crippen LogP contribution in [-0.2, 0) is 4.79 Å². The lowest BCUT2D eigenvalue weighted by Gasteiger charge is -2.09. The topological polar surface area (TPSA) is 82.3 Å². The molecule has 0 bridgehead atoms. The van der Waals surface area contributed by atoms with Crippen LogP contribution < -0.4 is 10.1 Å². The van der Waals surface area contributed by atoms with Gasteiger partial charge in [-0.1, -0.05) is 23.8 Å². The number of phenols is 1. The highest BCUT2D eigenvalue weighted by Gasteiger charge is 2.11. The van der Waals surface area contributed by atoms with Crippen molar-refractivity contribution >= 4 is 17.7 Å². The number of hydrogen-bond donors (Lipinski definition) is 2. The average Bonchev–Trinajstić information content (AvgIpc) is 2.56. The van der Waals surface area contributed by atoms with Crippen LogP contribution in [0.3, 0.4) is 0 Å². The molecule has 2 rings (SSSR count). The third-order valence-electron chi connectivity index (χ3n) is 3.51. The van der Waals surface area contributed by atoms with Gasteiger partial charge in [0.25, 0.3) is 5.91 Å². The summed E-state index contributed by atoms with van der Waals surface area (Å²) in [6.07, 6.45) is 1.45. The number of benzene rings is 2. The van der Waals surface area contributed by atoms with Crippen molar-refractivity contribution in [1.29, 1.82) is 5.26 Å². The first-order chi connectivity index (χ1) is 11.4. The predicted molar refractivity (Wildman–Crippen MR) is 92.8 cm³/mol. The van der Waals surface area contributed by atoms with Crippen molar-refractivity contribution in [2.75, 3.05) is 12.4 Å². The molecule has 0 aliphatic heterocycles. The molecule has 0 heterocycles. The zero-order valence-corrected chi connectivity index (χ0v) is 13.8. The highest BCUT2D eigenvalue weighted by Crippen LogP contribution is 2.27. The van der Waals surface area contributed by atoms with E-state index in [4.69, 9.17) is 4.74 Å². The van der Waals surface area contributed by atoms with Gasteiger partial charge in [-0.2, -0.15) is 5.26 Å². The SMILES string of the molecule is COc1cc(/C=C(\C#N)C(=O)Nc2ccc(C)cc2C)ccc1O. The summed E-state index contributed by atoms with van der Waals surface area (Å²) >= 11 is 0. The standard InChI is InChI=1S/C19H18N2O3/c1-12-4-6-16(13(2)8-12)21-19(23)15(11-20)9-14-5-7-17(22)18(10-14)24-3/h4-10,22H,1-3H3,(H,21,23)/b15-9+. The van der Waals surface area contributed by atoms with Gasteiger partial charge in [-0.05, 0) is 49.2 Å². The number of hydrogen-bond acceptors (Lipinski definition) is 4. The second-order valence-electron chi connectivity index (χ2n) is 5.37. The lowest BCUT2D eigenvalue weighted by molar-refractivity contribution is -0.112. The average molecular weight is 322 g/mol. The quantitative estimate of drug-likeness (QED) is 0.666. The molecule has 0 aromatic heterocycles. The maximum Gasteiger partial charge on any atom is 0.266 e. The fourth-order valence-corrected chi connectivity index (χ4v) is 2.24.